The Morgan fingerprint density at radius 3 is 2.32 bits per heavy atom. The lowest BCUT2D eigenvalue weighted by atomic mass is 10.0. The van der Waals surface area contributed by atoms with E-state index in [0.29, 0.717) is 6.42 Å². The minimum Gasteiger partial charge on any atom is -0.369 e. The Morgan fingerprint density at radius 2 is 1.68 bits per heavy atom. The second-order valence-corrected chi connectivity index (χ2v) is 7.94. The molecule has 1 saturated heterocycles. The number of benzene rings is 2. The predicted molar refractivity (Wildman–Crippen MR) is 118 cm³/mol. The van der Waals surface area contributed by atoms with Gasteiger partial charge in [-0.1, -0.05) is 37.6 Å². The first kappa shape index (κ1) is 20.4. The smallest absolute Gasteiger partial charge is 0.228 e. The Labute approximate surface area is 169 Å². The van der Waals surface area contributed by atoms with Crippen LogP contribution in [-0.2, 0) is 17.6 Å². The fourth-order valence-electron chi connectivity index (χ4n) is 3.73. The van der Waals surface area contributed by atoms with Gasteiger partial charge in [0.2, 0.25) is 5.91 Å². The molecule has 0 atom stereocenters. The Morgan fingerprint density at radius 1 is 1.00 bits per heavy atom. The van der Waals surface area contributed by atoms with Crippen molar-refractivity contribution in [3.63, 3.8) is 0 Å². The van der Waals surface area contributed by atoms with Crippen LogP contribution in [0.5, 0.6) is 0 Å². The van der Waals surface area contributed by atoms with Crippen molar-refractivity contribution in [1.29, 1.82) is 0 Å². The number of nitrogens with zero attached hydrogens (tertiary/aromatic N) is 2. The molecule has 1 fully saturated rings. The van der Waals surface area contributed by atoms with Gasteiger partial charge in [0, 0.05) is 37.6 Å². The molecule has 0 saturated carbocycles. The van der Waals surface area contributed by atoms with Crippen molar-refractivity contribution in [3.05, 3.63) is 59.2 Å². The SMILES string of the molecule is CCCCc1ccc(CC(=O)Nc2ccc(N3CCN(C)CC3)c(C)c2)cc1. The molecule has 0 spiro atoms. The summed E-state index contributed by atoms with van der Waals surface area (Å²) in [6.45, 7) is 8.62. The third-order valence-corrected chi connectivity index (χ3v) is 5.53. The molecule has 1 N–H and O–H groups in total. The molecule has 0 radical (unpaired) electrons. The van der Waals surface area contributed by atoms with E-state index in [2.05, 4.69) is 72.4 Å². The molecule has 4 heteroatoms. The van der Waals surface area contributed by atoms with Crippen LogP contribution >= 0.6 is 0 Å². The van der Waals surface area contributed by atoms with Gasteiger partial charge in [0.1, 0.15) is 0 Å². The zero-order chi connectivity index (χ0) is 19.9. The highest BCUT2D eigenvalue weighted by molar-refractivity contribution is 5.92. The van der Waals surface area contributed by atoms with Gasteiger partial charge in [-0.3, -0.25) is 4.79 Å². The molecule has 1 aliphatic heterocycles. The van der Waals surface area contributed by atoms with E-state index in [1.807, 2.05) is 6.07 Å². The van der Waals surface area contributed by atoms with Gasteiger partial charge in [-0.2, -0.15) is 0 Å². The van der Waals surface area contributed by atoms with Crippen molar-refractivity contribution in [3.8, 4) is 0 Å². The van der Waals surface area contributed by atoms with E-state index >= 15 is 0 Å². The Hall–Kier alpha value is -2.33. The average Bonchev–Trinajstić information content (AvgIpc) is 2.68. The van der Waals surface area contributed by atoms with Gasteiger partial charge in [-0.05, 0) is 61.7 Å². The molecule has 1 heterocycles. The van der Waals surface area contributed by atoms with Crippen LogP contribution in [0.2, 0.25) is 0 Å². The molecule has 150 valence electrons. The topological polar surface area (TPSA) is 35.6 Å². The second-order valence-electron chi connectivity index (χ2n) is 7.94. The minimum absolute atomic E-state index is 0.0352. The number of nitrogens with one attached hydrogen (secondary N) is 1. The summed E-state index contributed by atoms with van der Waals surface area (Å²) < 4.78 is 0. The van der Waals surface area contributed by atoms with Gasteiger partial charge >= 0.3 is 0 Å². The predicted octanol–water partition coefficient (Wildman–Crippen LogP) is 4.27. The summed E-state index contributed by atoms with van der Waals surface area (Å²) in [6.07, 6.45) is 3.94. The third kappa shape index (κ3) is 5.59. The first-order valence-electron chi connectivity index (χ1n) is 10.5. The van der Waals surface area contributed by atoms with Crippen molar-refractivity contribution in [2.24, 2.45) is 0 Å². The van der Waals surface area contributed by atoms with Crippen LogP contribution in [0.3, 0.4) is 0 Å². The molecule has 28 heavy (non-hydrogen) atoms. The Kier molecular flexibility index (Phi) is 7.10. The number of hydrogen-bond donors (Lipinski definition) is 1. The van der Waals surface area contributed by atoms with E-state index in [1.54, 1.807) is 0 Å². The number of carbonyl (C=O) groups is 1. The number of amides is 1. The van der Waals surface area contributed by atoms with Gasteiger partial charge in [-0.15, -0.1) is 0 Å². The van der Waals surface area contributed by atoms with Gasteiger partial charge in [0.15, 0.2) is 0 Å². The first-order chi connectivity index (χ1) is 13.5. The molecule has 0 unspecified atom stereocenters. The Bertz CT molecular complexity index is 777. The quantitative estimate of drug-likeness (QED) is 0.780. The summed E-state index contributed by atoms with van der Waals surface area (Å²) >= 11 is 0. The molecule has 1 amide bonds. The molecular formula is C24H33N3O. The van der Waals surface area contributed by atoms with Crippen LogP contribution < -0.4 is 10.2 Å². The number of piperazine rings is 1. The molecule has 4 nitrogen and oxygen atoms in total. The summed E-state index contributed by atoms with van der Waals surface area (Å²) in [4.78, 5) is 17.2. The first-order valence-corrected chi connectivity index (χ1v) is 10.5. The summed E-state index contributed by atoms with van der Waals surface area (Å²) in [7, 11) is 2.17. The van der Waals surface area contributed by atoms with E-state index in [1.165, 1.54) is 29.7 Å². The molecule has 3 rings (SSSR count). The lowest BCUT2D eigenvalue weighted by Crippen LogP contribution is -2.44. The number of aryl methyl sites for hydroxylation is 2. The minimum atomic E-state index is 0.0352. The molecule has 0 aromatic heterocycles. The van der Waals surface area contributed by atoms with Crippen LogP contribution in [0.15, 0.2) is 42.5 Å². The zero-order valence-corrected chi connectivity index (χ0v) is 17.5. The van der Waals surface area contributed by atoms with Crippen LogP contribution in [-0.4, -0.2) is 44.0 Å². The van der Waals surface area contributed by atoms with Gasteiger partial charge in [0.25, 0.3) is 0 Å². The lowest BCUT2D eigenvalue weighted by molar-refractivity contribution is -0.115. The third-order valence-electron chi connectivity index (χ3n) is 5.53. The fraction of sp³-hybridized carbons (Fsp3) is 0.458. The van der Waals surface area contributed by atoms with Crippen molar-refractivity contribution >= 4 is 17.3 Å². The number of hydrogen-bond acceptors (Lipinski definition) is 3. The van der Waals surface area contributed by atoms with Crippen LogP contribution in [0.25, 0.3) is 0 Å². The second kappa shape index (κ2) is 9.74. The van der Waals surface area contributed by atoms with Crippen molar-refractivity contribution < 1.29 is 4.79 Å². The zero-order valence-electron chi connectivity index (χ0n) is 17.5. The van der Waals surface area contributed by atoms with E-state index in [4.69, 9.17) is 0 Å². The van der Waals surface area contributed by atoms with Gasteiger partial charge in [0.05, 0.1) is 6.42 Å². The van der Waals surface area contributed by atoms with Crippen LogP contribution in [0.4, 0.5) is 11.4 Å². The molecule has 2 aromatic rings. The summed E-state index contributed by atoms with van der Waals surface area (Å²) in [6, 6.07) is 14.7. The highest BCUT2D eigenvalue weighted by Gasteiger charge is 2.16. The van der Waals surface area contributed by atoms with E-state index in [0.717, 1.165) is 43.9 Å². The highest BCUT2D eigenvalue weighted by Crippen LogP contribution is 2.24. The van der Waals surface area contributed by atoms with Crippen molar-refractivity contribution in [2.45, 2.75) is 39.5 Å². The summed E-state index contributed by atoms with van der Waals surface area (Å²) in [5, 5.41) is 3.05. The average molecular weight is 380 g/mol. The molecule has 0 aliphatic carbocycles. The van der Waals surface area contributed by atoms with Crippen molar-refractivity contribution in [1.82, 2.24) is 4.90 Å². The van der Waals surface area contributed by atoms with Crippen LogP contribution in [0.1, 0.15) is 36.5 Å². The normalized spacial score (nSPS) is 14.9. The maximum Gasteiger partial charge on any atom is 0.228 e. The number of anilines is 2. The maximum absolute atomic E-state index is 12.4. The number of carbonyl (C=O) groups excluding carboxylic acids is 1. The lowest BCUT2D eigenvalue weighted by Gasteiger charge is -2.35. The molecular weight excluding hydrogens is 346 g/mol. The number of rotatable bonds is 7. The maximum atomic E-state index is 12.4. The van der Waals surface area contributed by atoms with Crippen molar-refractivity contribution in [2.75, 3.05) is 43.4 Å². The van der Waals surface area contributed by atoms with Gasteiger partial charge in [-0.25, -0.2) is 0 Å². The molecule has 0 bridgehead atoms. The molecule has 1 aliphatic rings. The summed E-state index contributed by atoms with van der Waals surface area (Å²) in [5.41, 5.74) is 5.76. The van der Waals surface area contributed by atoms with E-state index < -0.39 is 0 Å². The largest absolute Gasteiger partial charge is 0.369 e. The number of unbranched alkanes of at least 4 members (excludes halogenated alkanes) is 1. The van der Waals surface area contributed by atoms with E-state index in [-0.39, 0.29) is 5.91 Å². The Balaban J connectivity index is 1.56. The van der Waals surface area contributed by atoms with E-state index in [9.17, 15) is 4.79 Å². The van der Waals surface area contributed by atoms with Gasteiger partial charge < -0.3 is 15.1 Å². The molecule has 2 aromatic carbocycles. The van der Waals surface area contributed by atoms with Crippen LogP contribution in [0, 0.1) is 6.92 Å². The summed E-state index contributed by atoms with van der Waals surface area (Å²) in [5.74, 6) is 0.0352. The standard InChI is InChI=1S/C24H33N3O/c1-4-5-6-20-7-9-21(10-8-20)18-24(28)25-22-11-12-23(19(2)17-22)27-15-13-26(3)14-16-27/h7-12,17H,4-6,13-16,18H2,1-3H3,(H,25,28). The number of likely N-dealkylation sites (N-methyl/N-ethyl adjacent to an activating group) is 1. The highest BCUT2D eigenvalue weighted by atomic mass is 16.1. The monoisotopic (exact) mass is 379 g/mol. The fourth-order valence-corrected chi connectivity index (χ4v) is 3.73.